The van der Waals surface area contributed by atoms with Crippen LogP contribution in [0, 0.1) is 5.92 Å². The summed E-state index contributed by atoms with van der Waals surface area (Å²) in [6.07, 6.45) is 3.70. The largest absolute Gasteiger partial charge is 0.265 e. The van der Waals surface area contributed by atoms with Gasteiger partial charge in [-0.15, -0.1) is 6.58 Å². The first-order valence-corrected chi connectivity index (χ1v) is 11.3. The van der Waals surface area contributed by atoms with E-state index in [4.69, 9.17) is 5.14 Å². The molecule has 0 heterocycles. The van der Waals surface area contributed by atoms with Crippen molar-refractivity contribution >= 4 is 18.2 Å². The van der Waals surface area contributed by atoms with Crippen LogP contribution in [0.5, 0.6) is 0 Å². The van der Waals surface area contributed by atoms with Crippen molar-refractivity contribution in [3.8, 4) is 0 Å². The fourth-order valence-corrected chi connectivity index (χ4v) is 7.02. The molecule has 0 radical (unpaired) electrons. The van der Waals surface area contributed by atoms with Crippen molar-refractivity contribution in [1.29, 1.82) is 0 Å². The predicted octanol–water partition coefficient (Wildman–Crippen LogP) is 3.94. The van der Waals surface area contributed by atoms with Crippen LogP contribution in [0.4, 0.5) is 0 Å². The molecule has 0 amide bonds. The van der Waals surface area contributed by atoms with E-state index in [1.807, 2.05) is 6.08 Å². The standard InChI is InChI=1S/C13H30N2OSSi/c1-8-10-12(9-2)11-17(14,16)15-18(6,7)13(3,4)5/h8,12H,1,9-11H2,2-7H3,(H2,14,15,16)/t12-,17?/m0/s1. The van der Waals surface area contributed by atoms with Crippen molar-refractivity contribution in [2.45, 2.75) is 58.7 Å². The monoisotopic (exact) mass is 290 g/mol. The molecule has 0 saturated heterocycles. The van der Waals surface area contributed by atoms with Gasteiger partial charge in [-0.05, 0) is 30.5 Å². The molecule has 0 aliphatic carbocycles. The van der Waals surface area contributed by atoms with E-state index >= 15 is 0 Å². The Morgan fingerprint density at radius 1 is 1.44 bits per heavy atom. The molecular formula is C13H30N2OSSi. The van der Waals surface area contributed by atoms with Crippen LogP contribution < -0.4 is 5.14 Å². The predicted molar refractivity (Wildman–Crippen MR) is 85.4 cm³/mol. The van der Waals surface area contributed by atoms with Gasteiger partial charge in [0.1, 0.15) is 0 Å². The summed E-state index contributed by atoms with van der Waals surface area (Å²) >= 11 is 0. The van der Waals surface area contributed by atoms with E-state index in [0.717, 1.165) is 12.8 Å². The van der Waals surface area contributed by atoms with E-state index in [2.05, 4.69) is 51.4 Å². The van der Waals surface area contributed by atoms with Crippen molar-refractivity contribution in [2.75, 3.05) is 5.75 Å². The van der Waals surface area contributed by atoms with Crippen LogP contribution in [0.1, 0.15) is 40.5 Å². The number of nitrogens with zero attached hydrogens (tertiary/aromatic N) is 1. The zero-order chi connectivity index (χ0) is 14.6. The van der Waals surface area contributed by atoms with E-state index in [1.165, 1.54) is 0 Å². The smallest absolute Gasteiger partial charge is 0.194 e. The van der Waals surface area contributed by atoms with Gasteiger partial charge in [-0.25, -0.2) is 9.35 Å². The van der Waals surface area contributed by atoms with Gasteiger partial charge in [-0.1, -0.05) is 40.2 Å². The number of allylic oxidation sites excluding steroid dienone is 1. The minimum Gasteiger partial charge on any atom is -0.265 e. The number of hydrogen-bond acceptors (Lipinski definition) is 2. The molecule has 2 N–H and O–H groups in total. The van der Waals surface area contributed by atoms with Crippen LogP contribution >= 0.6 is 0 Å². The maximum absolute atomic E-state index is 12.5. The molecule has 108 valence electrons. The van der Waals surface area contributed by atoms with Gasteiger partial charge in [0, 0.05) is 5.75 Å². The molecular weight excluding hydrogens is 260 g/mol. The van der Waals surface area contributed by atoms with Crippen molar-refractivity contribution in [3.05, 3.63) is 12.7 Å². The first kappa shape index (κ1) is 17.9. The molecule has 0 aliphatic heterocycles. The normalized spacial score (nSPS) is 17.9. The number of hydrogen-bond donors (Lipinski definition) is 1. The molecule has 1 unspecified atom stereocenters. The third-order valence-corrected chi connectivity index (χ3v) is 11.5. The summed E-state index contributed by atoms with van der Waals surface area (Å²) in [5.74, 6) is 0.815. The highest BCUT2D eigenvalue weighted by Crippen LogP contribution is 2.37. The average Bonchev–Trinajstić information content (AvgIpc) is 2.13. The molecule has 0 aliphatic rings. The second-order valence-electron chi connectivity index (χ2n) is 6.56. The van der Waals surface area contributed by atoms with Gasteiger partial charge in [0.15, 0.2) is 8.24 Å². The van der Waals surface area contributed by atoms with E-state index in [-0.39, 0.29) is 5.04 Å². The van der Waals surface area contributed by atoms with Crippen molar-refractivity contribution in [3.63, 3.8) is 0 Å². The van der Waals surface area contributed by atoms with Crippen LogP contribution in [-0.4, -0.2) is 18.2 Å². The Hall–Kier alpha value is -0.133. The molecule has 0 aromatic carbocycles. The lowest BCUT2D eigenvalue weighted by Gasteiger charge is -2.33. The third kappa shape index (κ3) is 5.67. The molecule has 0 aromatic rings. The van der Waals surface area contributed by atoms with E-state index in [0.29, 0.717) is 11.7 Å². The van der Waals surface area contributed by atoms with Gasteiger partial charge >= 0.3 is 0 Å². The van der Waals surface area contributed by atoms with Gasteiger partial charge in [-0.3, -0.25) is 4.03 Å². The quantitative estimate of drug-likeness (QED) is 0.584. The molecule has 0 spiro atoms. The number of rotatable bonds is 6. The van der Waals surface area contributed by atoms with E-state index < -0.39 is 18.2 Å². The zero-order valence-corrected chi connectivity index (χ0v) is 14.6. The molecule has 0 fully saturated rings. The summed E-state index contributed by atoms with van der Waals surface area (Å²) < 4.78 is 17.1. The fraction of sp³-hybridized carbons (Fsp3) is 0.846. The lowest BCUT2D eigenvalue weighted by Crippen LogP contribution is -2.38. The van der Waals surface area contributed by atoms with Gasteiger partial charge in [0.2, 0.25) is 0 Å². The lowest BCUT2D eigenvalue weighted by molar-refractivity contribution is 0.568. The molecule has 2 atom stereocenters. The Balaban J connectivity index is 5.14. The summed E-state index contributed by atoms with van der Waals surface area (Å²) in [6, 6.07) is 0. The highest BCUT2D eigenvalue weighted by molar-refractivity contribution is 7.92. The number of nitrogens with two attached hydrogens (primary N) is 1. The van der Waals surface area contributed by atoms with Crippen LogP contribution in [0.2, 0.25) is 18.1 Å². The zero-order valence-electron chi connectivity index (χ0n) is 12.8. The topological polar surface area (TPSA) is 55.5 Å². The SMILES string of the molecule is C=CC[C@H](CC)CS(N)(=O)=N[Si](C)(C)C(C)(C)C. The second kappa shape index (κ2) is 6.35. The average molecular weight is 291 g/mol. The minimum absolute atomic E-state index is 0.0785. The van der Waals surface area contributed by atoms with E-state index in [9.17, 15) is 4.21 Å². The molecule has 0 saturated carbocycles. The summed E-state index contributed by atoms with van der Waals surface area (Å²) in [6.45, 7) is 16.6. The van der Waals surface area contributed by atoms with Crippen LogP contribution in [-0.2, 0) is 9.92 Å². The van der Waals surface area contributed by atoms with Gasteiger partial charge in [-0.2, -0.15) is 0 Å². The molecule has 0 aromatic heterocycles. The molecule has 0 bridgehead atoms. The minimum atomic E-state index is -2.57. The molecule has 18 heavy (non-hydrogen) atoms. The van der Waals surface area contributed by atoms with E-state index in [1.54, 1.807) is 0 Å². The Labute approximate surface area is 115 Å². The molecule has 3 nitrogen and oxygen atoms in total. The summed E-state index contributed by atoms with van der Waals surface area (Å²) in [5.41, 5.74) is 0. The highest BCUT2D eigenvalue weighted by atomic mass is 32.2. The van der Waals surface area contributed by atoms with Gasteiger partial charge in [0.25, 0.3) is 0 Å². The summed E-state index contributed by atoms with van der Waals surface area (Å²) in [5, 5.41) is 6.05. The maximum atomic E-state index is 12.5. The Kier molecular flexibility index (Phi) is 6.30. The van der Waals surface area contributed by atoms with Crippen molar-refractivity contribution in [2.24, 2.45) is 15.1 Å². The Morgan fingerprint density at radius 3 is 2.28 bits per heavy atom. The maximum Gasteiger partial charge on any atom is 0.194 e. The first-order valence-electron chi connectivity index (χ1n) is 6.60. The highest BCUT2D eigenvalue weighted by Gasteiger charge is 2.37. The molecule has 0 rings (SSSR count). The van der Waals surface area contributed by atoms with Crippen LogP contribution in [0.25, 0.3) is 0 Å². The third-order valence-electron chi connectivity index (χ3n) is 3.77. The Bertz CT molecular complexity index is 390. The molecule has 5 heteroatoms. The fourth-order valence-electron chi connectivity index (χ4n) is 1.49. The van der Waals surface area contributed by atoms with Crippen LogP contribution in [0.3, 0.4) is 0 Å². The second-order valence-corrected chi connectivity index (χ2v) is 13.6. The van der Waals surface area contributed by atoms with Crippen molar-refractivity contribution in [1.82, 2.24) is 0 Å². The van der Waals surface area contributed by atoms with Crippen LogP contribution in [0.15, 0.2) is 16.7 Å². The summed E-state index contributed by atoms with van der Waals surface area (Å²) in [4.78, 5) is 0. The first-order chi connectivity index (χ1) is 7.95. The summed E-state index contributed by atoms with van der Waals surface area (Å²) in [7, 11) is -4.51. The Morgan fingerprint density at radius 2 is 1.94 bits per heavy atom. The lowest BCUT2D eigenvalue weighted by atomic mass is 10.1. The van der Waals surface area contributed by atoms with Gasteiger partial charge < -0.3 is 0 Å². The van der Waals surface area contributed by atoms with Crippen molar-refractivity contribution < 1.29 is 4.21 Å². The van der Waals surface area contributed by atoms with Gasteiger partial charge in [0.05, 0.1) is 9.92 Å².